The minimum absolute atomic E-state index is 0.00805. The second-order valence-electron chi connectivity index (χ2n) is 19.3. The number of pyridine rings is 2. The Bertz CT molecular complexity index is 3600. The highest BCUT2D eigenvalue weighted by atomic mass is 79.9. The predicted molar refractivity (Wildman–Crippen MR) is 313 cm³/mol. The number of benzene rings is 6. The number of aryl methyl sites for hydroxylation is 2. The van der Waals surface area contributed by atoms with Gasteiger partial charge in [-0.05, 0) is 162 Å². The third kappa shape index (κ3) is 10.8. The summed E-state index contributed by atoms with van der Waals surface area (Å²) in [5.41, 5.74) is 7.05. The summed E-state index contributed by atoms with van der Waals surface area (Å²) < 4.78 is 9.06. The molecule has 0 saturated carbocycles. The van der Waals surface area contributed by atoms with Crippen LogP contribution >= 0.6 is 63.7 Å². The minimum Gasteiger partial charge on any atom is -0.400 e. The van der Waals surface area contributed by atoms with E-state index in [1.54, 1.807) is 0 Å². The Balaban J connectivity index is 0.000000203. The standard InChI is InChI=1S/2C28H23Br2N3O2.2CH4O/c2*1-16-13-19(29)15-22(30)24(16)33-26(34)21-14-17-7-5-6-8-23(17)32(25(21)31-27(33)35)20-11-9-18(10-12-20)28(2,3)4;2*1-2/h2*5-15H,1-4H3;2*2H,1H3. The molecule has 2 N–H and O–H groups in total. The lowest BCUT2D eigenvalue weighted by Crippen LogP contribution is -2.37. The van der Waals surface area contributed by atoms with E-state index in [-0.39, 0.29) is 10.8 Å². The van der Waals surface area contributed by atoms with Crippen molar-refractivity contribution in [3.8, 4) is 45.5 Å². The van der Waals surface area contributed by atoms with Gasteiger partial charge in [-0.1, -0.05) is 134 Å². The molecule has 0 saturated heterocycles. The van der Waals surface area contributed by atoms with Gasteiger partial charge in [0.05, 0.1) is 33.5 Å². The van der Waals surface area contributed by atoms with Crippen LogP contribution in [0.25, 0.3) is 67.3 Å². The predicted octanol–water partition coefficient (Wildman–Crippen LogP) is 12.8. The second kappa shape index (κ2) is 22.4. The van der Waals surface area contributed by atoms with Crippen molar-refractivity contribution >= 4 is 85.5 Å². The van der Waals surface area contributed by atoms with Crippen LogP contribution in [0.4, 0.5) is 0 Å². The summed E-state index contributed by atoms with van der Waals surface area (Å²) in [6.45, 7) is 16.7. The highest BCUT2D eigenvalue weighted by Crippen LogP contribution is 2.34. The first-order chi connectivity index (χ1) is 35.1. The number of hydrogen-bond acceptors (Lipinski definition) is 8. The number of halogens is 4. The smallest absolute Gasteiger partial charge is 0.357 e. The lowest BCUT2D eigenvalue weighted by atomic mass is 9.87. The topological polar surface area (TPSA) is 154 Å². The van der Waals surface area contributed by atoms with Gasteiger partial charge in [-0.15, -0.1) is 0 Å². The second-order valence-corrected chi connectivity index (χ2v) is 22.9. The summed E-state index contributed by atoms with van der Waals surface area (Å²) in [7, 11) is 2.00. The molecule has 0 fully saturated rings. The molecule has 12 nitrogen and oxygen atoms in total. The van der Waals surface area contributed by atoms with E-state index < -0.39 is 22.5 Å². The molecule has 4 aliphatic heterocycles. The van der Waals surface area contributed by atoms with Gasteiger partial charge in [0.15, 0.2) is 11.6 Å². The van der Waals surface area contributed by atoms with E-state index in [2.05, 4.69) is 139 Å². The number of para-hydroxylation sites is 2. The van der Waals surface area contributed by atoms with Crippen molar-refractivity contribution in [2.45, 2.75) is 66.2 Å². The lowest BCUT2D eigenvalue weighted by molar-refractivity contribution is 0.399. The number of hydrogen-bond donors (Lipinski definition) is 2. The quantitative estimate of drug-likeness (QED) is 0.165. The molecule has 0 unspecified atom stereocenters. The zero-order valence-corrected chi connectivity index (χ0v) is 48.8. The van der Waals surface area contributed by atoms with Crippen molar-refractivity contribution < 1.29 is 10.2 Å². The van der Waals surface area contributed by atoms with Crippen molar-refractivity contribution in [2.24, 2.45) is 0 Å². The number of aliphatic hydroxyl groups is 2. The molecule has 6 aromatic carbocycles. The van der Waals surface area contributed by atoms with Crippen molar-refractivity contribution in [1.29, 1.82) is 0 Å². The van der Waals surface area contributed by atoms with Crippen molar-refractivity contribution in [1.82, 2.24) is 28.2 Å². The fourth-order valence-electron chi connectivity index (χ4n) is 8.86. The Morgan fingerprint density at radius 1 is 0.432 bits per heavy atom. The first kappa shape index (κ1) is 55.6. The van der Waals surface area contributed by atoms with Gasteiger partial charge in [0.25, 0.3) is 11.1 Å². The molecule has 10 rings (SSSR count). The molecule has 380 valence electrons. The van der Waals surface area contributed by atoms with Crippen LogP contribution < -0.4 is 22.5 Å². The first-order valence-electron chi connectivity index (χ1n) is 23.3. The Kier molecular flexibility index (Phi) is 16.8. The van der Waals surface area contributed by atoms with Crippen molar-refractivity contribution in [3.63, 3.8) is 0 Å². The van der Waals surface area contributed by atoms with E-state index in [9.17, 15) is 19.2 Å². The number of aliphatic hydroxyl groups excluding tert-OH is 2. The molecule has 0 bridgehead atoms. The lowest BCUT2D eigenvalue weighted by Gasteiger charge is -2.22. The Morgan fingerprint density at radius 3 is 1.07 bits per heavy atom. The van der Waals surface area contributed by atoms with Crippen molar-refractivity contribution in [3.05, 3.63) is 215 Å². The highest BCUT2D eigenvalue weighted by Gasteiger charge is 2.26. The molecule has 6 aromatic rings. The van der Waals surface area contributed by atoms with Crippen LogP contribution in [0.5, 0.6) is 0 Å². The highest BCUT2D eigenvalue weighted by molar-refractivity contribution is 9.11. The summed E-state index contributed by atoms with van der Waals surface area (Å²) in [5.74, 6) is 0.675. The van der Waals surface area contributed by atoms with E-state index in [0.29, 0.717) is 43.1 Å². The third-order valence-corrected chi connectivity index (χ3v) is 14.5. The summed E-state index contributed by atoms with van der Waals surface area (Å²) in [4.78, 5) is 63.3. The molecule has 0 radical (unpaired) electrons. The molecular weight excluding hydrogens is 1200 g/mol. The van der Waals surface area contributed by atoms with Gasteiger partial charge < -0.3 is 10.2 Å². The maximum absolute atomic E-state index is 13.8. The molecule has 4 aliphatic rings. The average molecular weight is 1250 g/mol. The zero-order chi connectivity index (χ0) is 54.1. The molecule has 0 aliphatic carbocycles. The monoisotopic (exact) mass is 1250 g/mol. The van der Waals surface area contributed by atoms with Crippen LogP contribution in [0.1, 0.15) is 63.8 Å². The molecule has 0 amide bonds. The number of nitrogens with zero attached hydrogens (tertiary/aromatic N) is 6. The van der Waals surface area contributed by atoms with E-state index in [1.807, 2.05) is 132 Å². The van der Waals surface area contributed by atoms with Crippen LogP contribution in [0.3, 0.4) is 0 Å². The maximum Gasteiger partial charge on any atom is 0.357 e. The molecule has 0 aromatic heterocycles. The van der Waals surface area contributed by atoms with Gasteiger partial charge in [0.2, 0.25) is 0 Å². The van der Waals surface area contributed by atoms with Gasteiger partial charge in [0.1, 0.15) is 0 Å². The molecule has 0 spiro atoms. The van der Waals surface area contributed by atoms with E-state index in [4.69, 9.17) is 10.2 Å². The van der Waals surface area contributed by atoms with Crippen LogP contribution in [-0.4, -0.2) is 52.7 Å². The van der Waals surface area contributed by atoms with E-state index >= 15 is 0 Å². The summed E-state index contributed by atoms with van der Waals surface area (Å²) in [6.07, 6.45) is 0. The molecule has 16 heteroatoms. The minimum atomic E-state index is -0.621. The van der Waals surface area contributed by atoms with Crippen LogP contribution in [0.2, 0.25) is 0 Å². The van der Waals surface area contributed by atoms with Gasteiger partial charge in [-0.2, -0.15) is 9.97 Å². The first-order valence-corrected chi connectivity index (χ1v) is 26.5. The molecule has 74 heavy (non-hydrogen) atoms. The Labute approximate surface area is 461 Å². The van der Waals surface area contributed by atoms with Gasteiger partial charge in [-0.3, -0.25) is 18.7 Å². The SMILES string of the molecule is CO.CO.Cc1cc(Br)cc(Br)c1-n1c(=O)nc2n(-c3ccc(C(C)(C)C)cc3)c3ccccc3cc-2c1=O.Cc1cc(Br)cc(Br)c1-n1c(=O)nc2n(-c3ccc(C(C)(C)C)cc3)c3ccccc3cc-2c1=O. The van der Waals surface area contributed by atoms with Crippen molar-refractivity contribution in [2.75, 3.05) is 14.2 Å². The fraction of sp³-hybridized carbons (Fsp3) is 0.207. The largest absolute Gasteiger partial charge is 0.400 e. The van der Waals surface area contributed by atoms with E-state index in [0.717, 1.165) is 76.6 Å². The number of aromatic nitrogens is 6. The Morgan fingerprint density at radius 2 is 0.757 bits per heavy atom. The summed E-state index contributed by atoms with van der Waals surface area (Å²) in [5, 5.41) is 15.8. The van der Waals surface area contributed by atoms with Crippen LogP contribution in [0, 0.1) is 13.8 Å². The number of rotatable bonds is 4. The number of fused-ring (bicyclic) bond motifs is 4. The Hall–Kier alpha value is -6.14. The summed E-state index contributed by atoms with van der Waals surface area (Å²) in [6, 6.07) is 43.0. The van der Waals surface area contributed by atoms with E-state index in [1.165, 1.54) is 11.1 Å². The molecule has 0 atom stereocenters. The van der Waals surface area contributed by atoms with Gasteiger partial charge in [0, 0.05) is 43.5 Å². The summed E-state index contributed by atoms with van der Waals surface area (Å²) >= 11 is 14.0. The average Bonchev–Trinajstić information content (AvgIpc) is 3.35. The van der Waals surface area contributed by atoms with Crippen LogP contribution in [-0.2, 0) is 10.8 Å². The third-order valence-electron chi connectivity index (χ3n) is 12.4. The molecular formula is C58H54Br4N6O6. The normalized spacial score (nSPS) is 11.5. The van der Waals surface area contributed by atoms with Gasteiger partial charge in [-0.25, -0.2) is 18.7 Å². The molecule has 4 heterocycles. The van der Waals surface area contributed by atoms with Gasteiger partial charge >= 0.3 is 11.4 Å². The van der Waals surface area contributed by atoms with Crippen LogP contribution in [0.15, 0.2) is 171 Å². The zero-order valence-electron chi connectivity index (χ0n) is 42.4. The fourth-order valence-corrected chi connectivity index (χ4v) is 12.1. The maximum atomic E-state index is 13.8.